The lowest BCUT2D eigenvalue weighted by molar-refractivity contribution is 0.0904. The second-order valence-electron chi connectivity index (χ2n) is 6.38. The molecule has 3 atom stereocenters. The summed E-state index contributed by atoms with van der Waals surface area (Å²) in [7, 11) is 0. The Labute approximate surface area is 134 Å². The molecule has 22 heavy (non-hydrogen) atoms. The summed E-state index contributed by atoms with van der Waals surface area (Å²) >= 11 is 6.02. The van der Waals surface area contributed by atoms with E-state index in [1.54, 1.807) is 6.20 Å². The average Bonchev–Trinajstić information content (AvgIpc) is 2.85. The zero-order chi connectivity index (χ0) is 15.1. The highest BCUT2D eigenvalue weighted by atomic mass is 35.5. The SMILES string of the molecule is O=C(N[C@@H]1C[C@@H]2CCN(C2)C1)c1cc2cc(Cl)ccc2cn1. The van der Waals surface area contributed by atoms with Gasteiger partial charge in [0.2, 0.25) is 0 Å². The Balaban J connectivity index is 1.52. The molecule has 2 bridgehead atoms. The predicted octanol–water partition coefficient (Wildman–Crippen LogP) is 2.71. The Bertz CT molecular complexity index is 721. The monoisotopic (exact) mass is 315 g/mol. The maximum Gasteiger partial charge on any atom is 0.270 e. The van der Waals surface area contributed by atoms with Crippen LogP contribution in [-0.4, -0.2) is 41.5 Å². The number of nitrogens with one attached hydrogen (secondary N) is 1. The van der Waals surface area contributed by atoms with E-state index in [0.29, 0.717) is 10.7 Å². The number of nitrogens with zero attached hydrogens (tertiary/aromatic N) is 2. The van der Waals surface area contributed by atoms with Crippen molar-refractivity contribution >= 4 is 28.3 Å². The molecule has 1 amide bonds. The summed E-state index contributed by atoms with van der Waals surface area (Å²) < 4.78 is 0. The van der Waals surface area contributed by atoms with Crippen molar-refractivity contribution in [3.8, 4) is 0 Å². The quantitative estimate of drug-likeness (QED) is 0.927. The molecule has 2 fully saturated rings. The molecule has 2 aliphatic rings. The number of aromatic nitrogens is 1. The van der Waals surface area contributed by atoms with Crippen molar-refractivity contribution < 1.29 is 4.79 Å². The lowest BCUT2D eigenvalue weighted by atomic mass is 9.97. The lowest BCUT2D eigenvalue weighted by Gasteiger charge is -2.30. The van der Waals surface area contributed by atoms with Crippen LogP contribution in [0.25, 0.3) is 10.8 Å². The largest absolute Gasteiger partial charge is 0.347 e. The summed E-state index contributed by atoms with van der Waals surface area (Å²) in [6.45, 7) is 3.32. The highest BCUT2D eigenvalue weighted by molar-refractivity contribution is 6.31. The fourth-order valence-electron chi connectivity index (χ4n) is 3.66. The van der Waals surface area contributed by atoms with E-state index in [1.807, 2.05) is 24.3 Å². The van der Waals surface area contributed by atoms with Crippen LogP contribution in [0.5, 0.6) is 0 Å². The highest BCUT2D eigenvalue weighted by Crippen LogP contribution is 2.27. The Morgan fingerprint density at radius 3 is 3.05 bits per heavy atom. The number of piperidine rings is 1. The van der Waals surface area contributed by atoms with E-state index in [1.165, 1.54) is 19.5 Å². The highest BCUT2D eigenvalue weighted by Gasteiger charge is 2.33. The fraction of sp³-hybridized carbons (Fsp3) is 0.412. The number of hydrogen-bond donors (Lipinski definition) is 1. The van der Waals surface area contributed by atoms with Crippen LogP contribution in [-0.2, 0) is 0 Å². The van der Waals surface area contributed by atoms with Gasteiger partial charge in [0.15, 0.2) is 0 Å². The van der Waals surface area contributed by atoms with E-state index >= 15 is 0 Å². The van der Waals surface area contributed by atoms with Crippen LogP contribution in [0.4, 0.5) is 0 Å². The molecule has 1 aromatic carbocycles. The van der Waals surface area contributed by atoms with Crippen LogP contribution < -0.4 is 5.32 Å². The molecule has 1 N–H and O–H groups in total. The molecular formula is C17H18ClN3O. The van der Waals surface area contributed by atoms with E-state index in [0.717, 1.165) is 29.7 Å². The maximum absolute atomic E-state index is 12.5. The first-order valence-corrected chi connectivity index (χ1v) is 8.14. The molecular weight excluding hydrogens is 298 g/mol. The minimum atomic E-state index is -0.0885. The number of hydrogen-bond acceptors (Lipinski definition) is 3. The van der Waals surface area contributed by atoms with Crippen molar-refractivity contribution in [2.75, 3.05) is 19.6 Å². The Morgan fingerprint density at radius 1 is 1.27 bits per heavy atom. The first kappa shape index (κ1) is 14.0. The zero-order valence-electron chi connectivity index (χ0n) is 12.3. The van der Waals surface area contributed by atoms with Crippen molar-refractivity contribution in [2.45, 2.75) is 18.9 Å². The molecule has 2 saturated heterocycles. The molecule has 3 heterocycles. The molecule has 114 valence electrons. The molecule has 4 rings (SSSR count). The second kappa shape index (κ2) is 5.52. The average molecular weight is 316 g/mol. The standard InChI is InChI=1S/C17H18ClN3O/c18-14-2-1-12-8-19-16(7-13(12)6-14)17(22)20-15-5-11-3-4-21(9-11)10-15/h1-2,6-8,11,15H,3-5,9-10H2,(H,20,22)/t11-,15+/m0/s1. The zero-order valence-corrected chi connectivity index (χ0v) is 13.0. The summed E-state index contributed by atoms with van der Waals surface area (Å²) in [5, 5.41) is 5.74. The third-order valence-electron chi connectivity index (χ3n) is 4.72. The van der Waals surface area contributed by atoms with Crippen LogP contribution in [0, 0.1) is 5.92 Å². The number of benzene rings is 1. The molecule has 2 aliphatic heterocycles. The van der Waals surface area contributed by atoms with E-state index < -0.39 is 0 Å². The Morgan fingerprint density at radius 2 is 2.18 bits per heavy atom. The molecule has 2 aromatic rings. The van der Waals surface area contributed by atoms with Crippen LogP contribution in [0.2, 0.25) is 5.02 Å². The van der Waals surface area contributed by atoms with Crippen molar-refractivity contribution in [2.24, 2.45) is 5.92 Å². The van der Waals surface area contributed by atoms with E-state index in [2.05, 4.69) is 15.2 Å². The van der Waals surface area contributed by atoms with Gasteiger partial charge in [-0.25, -0.2) is 0 Å². The molecule has 1 aromatic heterocycles. The summed E-state index contributed by atoms with van der Waals surface area (Å²) in [6.07, 6.45) is 4.08. The maximum atomic E-state index is 12.5. The predicted molar refractivity (Wildman–Crippen MR) is 87.2 cm³/mol. The number of carbonyl (C=O) groups excluding carboxylic acids is 1. The first-order chi connectivity index (χ1) is 10.7. The summed E-state index contributed by atoms with van der Waals surface area (Å²) in [6, 6.07) is 7.66. The Hall–Kier alpha value is -1.65. The van der Waals surface area contributed by atoms with E-state index in [-0.39, 0.29) is 11.9 Å². The van der Waals surface area contributed by atoms with Crippen LogP contribution in [0.3, 0.4) is 0 Å². The van der Waals surface area contributed by atoms with Gasteiger partial charge < -0.3 is 10.2 Å². The van der Waals surface area contributed by atoms with Gasteiger partial charge in [0.25, 0.3) is 5.91 Å². The molecule has 4 nitrogen and oxygen atoms in total. The van der Waals surface area contributed by atoms with Gasteiger partial charge in [0.1, 0.15) is 5.69 Å². The first-order valence-electron chi connectivity index (χ1n) is 7.76. The van der Waals surface area contributed by atoms with Gasteiger partial charge >= 0.3 is 0 Å². The van der Waals surface area contributed by atoms with E-state index in [4.69, 9.17) is 11.6 Å². The molecule has 0 saturated carbocycles. The smallest absolute Gasteiger partial charge is 0.270 e. The van der Waals surface area contributed by atoms with Crippen molar-refractivity contribution in [3.05, 3.63) is 41.2 Å². The van der Waals surface area contributed by atoms with Crippen LogP contribution in [0.15, 0.2) is 30.5 Å². The number of carbonyl (C=O) groups is 1. The minimum Gasteiger partial charge on any atom is -0.347 e. The topological polar surface area (TPSA) is 45.2 Å². The minimum absolute atomic E-state index is 0.0885. The molecule has 0 aliphatic carbocycles. The third kappa shape index (κ3) is 2.69. The molecule has 0 spiro atoms. The number of rotatable bonds is 2. The van der Waals surface area contributed by atoms with Gasteiger partial charge in [-0.15, -0.1) is 0 Å². The number of fused-ring (bicyclic) bond motifs is 3. The summed E-state index contributed by atoms with van der Waals surface area (Å²) in [5.74, 6) is 0.650. The van der Waals surface area contributed by atoms with Gasteiger partial charge in [0.05, 0.1) is 0 Å². The van der Waals surface area contributed by atoms with Gasteiger partial charge in [0, 0.05) is 35.7 Å². The molecule has 5 heteroatoms. The fourth-order valence-corrected chi connectivity index (χ4v) is 3.84. The summed E-state index contributed by atoms with van der Waals surface area (Å²) in [4.78, 5) is 19.2. The van der Waals surface area contributed by atoms with Crippen LogP contribution in [0.1, 0.15) is 23.3 Å². The van der Waals surface area contributed by atoms with Crippen molar-refractivity contribution in [1.29, 1.82) is 0 Å². The molecule has 1 unspecified atom stereocenters. The van der Waals surface area contributed by atoms with Crippen molar-refractivity contribution in [3.63, 3.8) is 0 Å². The summed E-state index contributed by atoms with van der Waals surface area (Å²) in [5.41, 5.74) is 0.461. The normalized spacial score (nSPS) is 27.0. The van der Waals surface area contributed by atoms with E-state index in [9.17, 15) is 4.79 Å². The van der Waals surface area contributed by atoms with Gasteiger partial charge in [-0.05, 0) is 48.9 Å². The van der Waals surface area contributed by atoms with Crippen LogP contribution >= 0.6 is 11.6 Å². The second-order valence-corrected chi connectivity index (χ2v) is 6.82. The van der Waals surface area contributed by atoms with Gasteiger partial charge in [-0.2, -0.15) is 0 Å². The third-order valence-corrected chi connectivity index (χ3v) is 4.95. The lowest BCUT2D eigenvalue weighted by Crippen LogP contribution is -2.47. The molecule has 0 radical (unpaired) electrons. The van der Waals surface area contributed by atoms with Gasteiger partial charge in [-0.1, -0.05) is 17.7 Å². The Kier molecular flexibility index (Phi) is 3.51. The number of halogens is 1. The van der Waals surface area contributed by atoms with Gasteiger partial charge in [-0.3, -0.25) is 9.78 Å². The van der Waals surface area contributed by atoms with Crippen molar-refractivity contribution in [1.82, 2.24) is 15.2 Å². The number of pyridine rings is 1. The number of amides is 1.